The molecule has 1 aliphatic heterocycles. The number of hydrogen-bond donors (Lipinski definition) is 0. The van der Waals surface area contributed by atoms with E-state index in [1.807, 2.05) is 36.4 Å². The van der Waals surface area contributed by atoms with Gasteiger partial charge < -0.3 is 9.31 Å². The number of nitrogens with zero attached hydrogens (tertiary/aromatic N) is 3. The molecule has 1 aromatic heterocycles. The van der Waals surface area contributed by atoms with Crippen LogP contribution in [0.4, 0.5) is 0 Å². The normalized spacial score (nSPS) is 16.7. The monoisotopic (exact) mass is 435 g/mol. The van der Waals surface area contributed by atoms with Crippen LogP contribution in [0, 0.1) is 0 Å². The molecule has 5 rings (SSSR count). The summed E-state index contributed by atoms with van der Waals surface area (Å²) in [6.07, 6.45) is 3.05. The van der Waals surface area contributed by atoms with Crippen molar-refractivity contribution >= 4 is 12.6 Å². The van der Waals surface area contributed by atoms with Gasteiger partial charge in [-0.2, -0.15) is 0 Å². The molecule has 0 unspecified atom stereocenters. The van der Waals surface area contributed by atoms with E-state index >= 15 is 0 Å². The molecule has 0 bridgehead atoms. The average molecular weight is 435 g/mol. The van der Waals surface area contributed by atoms with Crippen LogP contribution in [0.3, 0.4) is 0 Å². The van der Waals surface area contributed by atoms with Crippen LogP contribution in [0.1, 0.15) is 27.7 Å². The second kappa shape index (κ2) is 8.21. The van der Waals surface area contributed by atoms with Crippen molar-refractivity contribution in [3.63, 3.8) is 0 Å². The number of rotatable bonds is 4. The van der Waals surface area contributed by atoms with Crippen molar-refractivity contribution in [1.82, 2.24) is 15.0 Å². The highest BCUT2D eigenvalue weighted by Crippen LogP contribution is 2.40. The highest BCUT2D eigenvalue weighted by Gasteiger charge is 2.53. The Hall–Kier alpha value is -3.35. The minimum atomic E-state index is -0.554. The molecule has 2 heterocycles. The largest absolute Gasteiger partial charge is 0.496 e. The molecular formula is C27H26BN3O2. The fourth-order valence-electron chi connectivity index (χ4n) is 4.18. The molecule has 33 heavy (non-hydrogen) atoms. The smallest absolute Gasteiger partial charge is 0.399 e. The molecule has 3 aromatic carbocycles. The van der Waals surface area contributed by atoms with Crippen LogP contribution >= 0.6 is 0 Å². The van der Waals surface area contributed by atoms with Gasteiger partial charge in [-0.05, 0) is 61.5 Å². The molecule has 4 aromatic rings. The lowest BCUT2D eigenvalue weighted by molar-refractivity contribution is 0.00578. The van der Waals surface area contributed by atoms with E-state index < -0.39 is 18.3 Å². The molecule has 5 nitrogen and oxygen atoms in total. The van der Waals surface area contributed by atoms with Crippen molar-refractivity contribution < 1.29 is 9.31 Å². The maximum Gasteiger partial charge on any atom is 0.496 e. The van der Waals surface area contributed by atoms with Crippen molar-refractivity contribution in [3.8, 4) is 33.6 Å². The Kier molecular flexibility index (Phi) is 5.35. The Morgan fingerprint density at radius 1 is 0.636 bits per heavy atom. The Labute approximate surface area is 195 Å². The van der Waals surface area contributed by atoms with E-state index in [4.69, 9.17) is 9.31 Å². The molecule has 0 amide bonds. The maximum absolute atomic E-state index is 6.59. The molecule has 0 atom stereocenters. The molecule has 6 heteroatoms. The molecule has 0 aliphatic carbocycles. The minimum Gasteiger partial charge on any atom is -0.399 e. The predicted molar refractivity (Wildman–Crippen MR) is 132 cm³/mol. The van der Waals surface area contributed by atoms with Gasteiger partial charge in [-0.1, -0.05) is 66.7 Å². The van der Waals surface area contributed by atoms with Crippen molar-refractivity contribution in [3.05, 3.63) is 85.5 Å². The quantitative estimate of drug-likeness (QED) is 0.414. The summed E-state index contributed by atoms with van der Waals surface area (Å²) in [6, 6.07) is 24.8. The summed E-state index contributed by atoms with van der Waals surface area (Å²) in [7, 11) is -0.554. The maximum atomic E-state index is 6.59. The summed E-state index contributed by atoms with van der Waals surface area (Å²) in [4.78, 5) is 12.9. The standard InChI is InChI=1S/C27H26BN3O2/c1-26(2)27(3,4)33-28(32-26)24-21(19-11-7-5-8-12-19)15-16-22(25-30-17-29-18-31-25)23(24)20-13-9-6-10-14-20/h5-18H,1-4H3. The first-order valence-electron chi connectivity index (χ1n) is 11.1. The van der Waals surface area contributed by atoms with E-state index in [-0.39, 0.29) is 0 Å². The summed E-state index contributed by atoms with van der Waals surface area (Å²) in [5, 5.41) is 0. The van der Waals surface area contributed by atoms with Gasteiger partial charge in [0.25, 0.3) is 0 Å². The molecular weight excluding hydrogens is 409 g/mol. The Morgan fingerprint density at radius 3 is 1.73 bits per heavy atom. The van der Waals surface area contributed by atoms with Gasteiger partial charge in [-0.25, -0.2) is 15.0 Å². The third kappa shape index (κ3) is 3.86. The fraction of sp³-hybridized carbons (Fsp3) is 0.222. The molecule has 0 radical (unpaired) electrons. The van der Waals surface area contributed by atoms with Gasteiger partial charge >= 0.3 is 7.12 Å². The zero-order valence-electron chi connectivity index (χ0n) is 19.3. The van der Waals surface area contributed by atoms with Gasteiger partial charge in [0, 0.05) is 5.56 Å². The number of aromatic nitrogens is 3. The lowest BCUT2D eigenvalue weighted by Gasteiger charge is -2.32. The molecule has 1 aliphatic rings. The first-order valence-corrected chi connectivity index (χ1v) is 11.1. The summed E-state index contributed by atoms with van der Waals surface area (Å²) in [5.74, 6) is 0.612. The fourth-order valence-corrected chi connectivity index (χ4v) is 4.18. The molecule has 164 valence electrons. The van der Waals surface area contributed by atoms with E-state index in [1.165, 1.54) is 12.7 Å². The zero-order chi connectivity index (χ0) is 23.1. The number of benzene rings is 3. The third-order valence-electron chi connectivity index (χ3n) is 6.62. The SMILES string of the molecule is CC1(C)OB(c2c(-c3ccccc3)ccc(-c3ncncn3)c2-c2ccccc2)OC1(C)C. The summed E-state index contributed by atoms with van der Waals surface area (Å²) in [6.45, 7) is 8.31. The summed E-state index contributed by atoms with van der Waals surface area (Å²) in [5.41, 5.74) is 5.16. The van der Waals surface area contributed by atoms with Gasteiger partial charge in [-0.15, -0.1) is 0 Å². The van der Waals surface area contributed by atoms with Crippen LogP contribution < -0.4 is 5.46 Å². The third-order valence-corrected chi connectivity index (χ3v) is 6.62. The van der Waals surface area contributed by atoms with Crippen molar-refractivity contribution in [2.24, 2.45) is 0 Å². The van der Waals surface area contributed by atoms with Crippen molar-refractivity contribution in [1.29, 1.82) is 0 Å². The highest BCUT2D eigenvalue weighted by atomic mass is 16.7. The molecule has 0 N–H and O–H groups in total. The predicted octanol–water partition coefficient (Wildman–Crippen LogP) is 5.17. The summed E-state index contributed by atoms with van der Waals surface area (Å²) < 4.78 is 13.2. The van der Waals surface area contributed by atoms with Crippen LogP contribution in [0.25, 0.3) is 33.6 Å². The van der Waals surface area contributed by atoms with Crippen LogP contribution in [-0.2, 0) is 9.31 Å². The van der Waals surface area contributed by atoms with Crippen molar-refractivity contribution in [2.45, 2.75) is 38.9 Å². The Bertz CT molecular complexity index is 1250. The van der Waals surface area contributed by atoms with E-state index in [2.05, 4.69) is 79.0 Å². The first-order chi connectivity index (χ1) is 15.9. The van der Waals surface area contributed by atoms with E-state index in [9.17, 15) is 0 Å². The Morgan fingerprint density at radius 2 is 1.15 bits per heavy atom. The van der Waals surface area contributed by atoms with Gasteiger partial charge in [0.15, 0.2) is 5.82 Å². The van der Waals surface area contributed by atoms with Gasteiger partial charge in [0.2, 0.25) is 0 Å². The first kappa shape index (κ1) is 21.5. The van der Waals surface area contributed by atoms with E-state index in [0.29, 0.717) is 5.82 Å². The summed E-state index contributed by atoms with van der Waals surface area (Å²) >= 11 is 0. The van der Waals surface area contributed by atoms with Gasteiger partial charge in [0.1, 0.15) is 12.7 Å². The topological polar surface area (TPSA) is 57.1 Å². The van der Waals surface area contributed by atoms with Crippen LogP contribution in [-0.4, -0.2) is 33.3 Å². The molecule has 1 fully saturated rings. The molecule has 0 saturated carbocycles. The Balaban J connectivity index is 1.84. The van der Waals surface area contributed by atoms with Gasteiger partial charge in [-0.3, -0.25) is 0 Å². The molecule has 0 spiro atoms. The minimum absolute atomic E-state index is 0.469. The zero-order valence-corrected chi connectivity index (χ0v) is 19.3. The number of hydrogen-bond acceptors (Lipinski definition) is 5. The van der Waals surface area contributed by atoms with E-state index in [0.717, 1.165) is 33.3 Å². The lowest BCUT2D eigenvalue weighted by Crippen LogP contribution is -2.41. The van der Waals surface area contributed by atoms with Crippen LogP contribution in [0.2, 0.25) is 0 Å². The molecule has 1 saturated heterocycles. The second-order valence-electron chi connectivity index (χ2n) is 9.23. The van der Waals surface area contributed by atoms with E-state index in [1.54, 1.807) is 0 Å². The lowest BCUT2D eigenvalue weighted by atomic mass is 9.69. The van der Waals surface area contributed by atoms with Crippen LogP contribution in [0.5, 0.6) is 0 Å². The van der Waals surface area contributed by atoms with Crippen LogP contribution in [0.15, 0.2) is 85.5 Å². The van der Waals surface area contributed by atoms with Gasteiger partial charge in [0.05, 0.1) is 11.2 Å². The average Bonchev–Trinajstić information content (AvgIpc) is 3.06. The highest BCUT2D eigenvalue weighted by molar-refractivity contribution is 6.66. The van der Waals surface area contributed by atoms with Crippen molar-refractivity contribution in [2.75, 3.05) is 0 Å². The second-order valence-corrected chi connectivity index (χ2v) is 9.23.